The highest BCUT2D eigenvalue weighted by Crippen LogP contribution is 2.17. The first-order valence-corrected chi connectivity index (χ1v) is 7.48. The molecule has 21 heavy (non-hydrogen) atoms. The van der Waals surface area contributed by atoms with Crippen molar-refractivity contribution in [3.63, 3.8) is 0 Å². The van der Waals surface area contributed by atoms with Crippen LogP contribution < -0.4 is 10.6 Å². The van der Waals surface area contributed by atoms with E-state index < -0.39 is 0 Å². The molecule has 1 aliphatic rings. The largest absolute Gasteiger partial charge is 0.372 e. The molecular weight excluding hydrogens is 266 g/mol. The minimum atomic E-state index is -0.0635. The Kier molecular flexibility index (Phi) is 5.20. The number of nitrogens with one attached hydrogen (secondary N) is 2. The van der Waals surface area contributed by atoms with Gasteiger partial charge in [0, 0.05) is 24.8 Å². The monoisotopic (exact) mass is 291 g/mol. The Hall–Kier alpha value is -1.59. The highest BCUT2D eigenvalue weighted by atomic mass is 16.5. The molecule has 0 saturated carbocycles. The summed E-state index contributed by atoms with van der Waals surface area (Å²) in [6, 6.07) is 8.17. The number of carbonyl (C=O) groups excluding carboxylic acids is 1. The minimum absolute atomic E-state index is 0.0635. The zero-order chi connectivity index (χ0) is 15.4. The maximum absolute atomic E-state index is 12.3. The topological polar surface area (TPSA) is 53.6 Å². The van der Waals surface area contributed by atoms with Gasteiger partial charge >= 0.3 is 6.03 Å². The normalized spacial score (nSPS) is 23.7. The molecule has 0 radical (unpaired) electrons. The summed E-state index contributed by atoms with van der Waals surface area (Å²) >= 11 is 0. The van der Waals surface area contributed by atoms with E-state index in [1.807, 2.05) is 50.1 Å². The maximum Gasteiger partial charge on any atom is 0.322 e. The molecule has 116 valence electrons. The van der Waals surface area contributed by atoms with Gasteiger partial charge in [-0.15, -0.1) is 0 Å². The molecule has 3 unspecified atom stereocenters. The van der Waals surface area contributed by atoms with E-state index >= 15 is 0 Å². The van der Waals surface area contributed by atoms with Gasteiger partial charge < -0.3 is 20.3 Å². The van der Waals surface area contributed by atoms with Crippen LogP contribution in [0.15, 0.2) is 24.3 Å². The number of ether oxygens (including phenoxy) is 1. The van der Waals surface area contributed by atoms with Crippen LogP contribution in [0.2, 0.25) is 0 Å². The second kappa shape index (κ2) is 6.91. The van der Waals surface area contributed by atoms with E-state index in [1.165, 1.54) is 5.56 Å². The summed E-state index contributed by atoms with van der Waals surface area (Å²) < 4.78 is 5.64. The van der Waals surface area contributed by atoms with Gasteiger partial charge in [-0.1, -0.05) is 12.1 Å². The summed E-state index contributed by atoms with van der Waals surface area (Å²) in [5.41, 5.74) is 2.02. The molecule has 1 aliphatic heterocycles. The van der Waals surface area contributed by atoms with Crippen molar-refractivity contribution >= 4 is 11.7 Å². The molecule has 1 fully saturated rings. The lowest BCUT2D eigenvalue weighted by atomic mass is 10.1. The Bertz CT molecular complexity index is 465. The van der Waals surface area contributed by atoms with E-state index in [4.69, 9.17) is 4.74 Å². The Morgan fingerprint density at radius 3 is 2.33 bits per heavy atom. The van der Waals surface area contributed by atoms with Crippen LogP contribution in [0.5, 0.6) is 0 Å². The number of benzene rings is 1. The average Bonchev–Trinajstić information content (AvgIpc) is 2.46. The Morgan fingerprint density at radius 1 is 1.24 bits per heavy atom. The van der Waals surface area contributed by atoms with Gasteiger partial charge in [-0.25, -0.2) is 4.79 Å². The smallest absolute Gasteiger partial charge is 0.322 e. The third-order valence-electron chi connectivity index (χ3n) is 3.80. The van der Waals surface area contributed by atoms with Gasteiger partial charge in [0.05, 0.1) is 12.2 Å². The summed E-state index contributed by atoms with van der Waals surface area (Å²) in [6.07, 6.45) is 0.164. The summed E-state index contributed by atoms with van der Waals surface area (Å²) in [5, 5.41) is 6.14. The predicted octanol–water partition coefficient (Wildman–Crippen LogP) is 2.61. The van der Waals surface area contributed by atoms with Crippen LogP contribution >= 0.6 is 0 Å². The van der Waals surface area contributed by atoms with Crippen LogP contribution in [0, 0.1) is 0 Å². The molecule has 1 heterocycles. The fourth-order valence-corrected chi connectivity index (χ4v) is 2.57. The highest BCUT2D eigenvalue weighted by Gasteiger charge is 2.25. The van der Waals surface area contributed by atoms with Gasteiger partial charge in [-0.2, -0.15) is 0 Å². The lowest BCUT2D eigenvalue weighted by Gasteiger charge is -2.35. The van der Waals surface area contributed by atoms with Crippen LogP contribution in [0.1, 0.15) is 32.4 Å². The molecule has 2 rings (SSSR count). The van der Waals surface area contributed by atoms with Crippen molar-refractivity contribution in [1.82, 2.24) is 10.2 Å². The predicted molar refractivity (Wildman–Crippen MR) is 84.5 cm³/mol. The molecule has 3 atom stereocenters. The third kappa shape index (κ3) is 4.19. The van der Waals surface area contributed by atoms with Gasteiger partial charge in [0.2, 0.25) is 0 Å². The van der Waals surface area contributed by atoms with Crippen molar-refractivity contribution in [2.75, 3.05) is 25.5 Å². The first-order valence-electron chi connectivity index (χ1n) is 7.48. The van der Waals surface area contributed by atoms with E-state index in [0.29, 0.717) is 19.1 Å². The molecule has 0 aromatic heterocycles. The minimum Gasteiger partial charge on any atom is -0.372 e. The average molecular weight is 291 g/mol. The zero-order valence-electron chi connectivity index (χ0n) is 13.2. The SMILES string of the molecule is CNC(C)c1ccc(NC(=O)N2CC(C)OC(C)C2)cc1. The van der Waals surface area contributed by atoms with E-state index in [-0.39, 0.29) is 18.2 Å². The zero-order valence-corrected chi connectivity index (χ0v) is 13.2. The number of morpholine rings is 1. The summed E-state index contributed by atoms with van der Waals surface area (Å²) in [5.74, 6) is 0. The molecule has 1 saturated heterocycles. The van der Waals surface area contributed by atoms with Crippen LogP contribution in [0.3, 0.4) is 0 Å². The van der Waals surface area contributed by atoms with Crippen molar-refractivity contribution < 1.29 is 9.53 Å². The number of anilines is 1. The van der Waals surface area contributed by atoms with Crippen molar-refractivity contribution in [1.29, 1.82) is 0 Å². The van der Waals surface area contributed by atoms with E-state index in [1.54, 1.807) is 0 Å². The maximum atomic E-state index is 12.3. The molecule has 5 nitrogen and oxygen atoms in total. The fourth-order valence-electron chi connectivity index (χ4n) is 2.57. The van der Waals surface area contributed by atoms with Gasteiger partial charge in [-0.05, 0) is 45.5 Å². The quantitative estimate of drug-likeness (QED) is 0.900. The number of rotatable bonds is 3. The molecule has 2 N–H and O–H groups in total. The van der Waals surface area contributed by atoms with Crippen molar-refractivity contribution in [2.24, 2.45) is 0 Å². The lowest BCUT2D eigenvalue weighted by Crippen LogP contribution is -2.49. The molecule has 0 aliphatic carbocycles. The number of carbonyl (C=O) groups is 1. The van der Waals surface area contributed by atoms with E-state index in [9.17, 15) is 4.79 Å². The molecule has 1 aromatic carbocycles. The first kappa shape index (κ1) is 15.8. The van der Waals surface area contributed by atoms with Crippen molar-refractivity contribution in [3.8, 4) is 0 Å². The van der Waals surface area contributed by atoms with E-state index in [2.05, 4.69) is 17.6 Å². The molecular formula is C16H25N3O2. The number of hydrogen-bond donors (Lipinski definition) is 2. The molecule has 5 heteroatoms. The molecule has 0 bridgehead atoms. The lowest BCUT2D eigenvalue weighted by molar-refractivity contribution is -0.0530. The fraction of sp³-hybridized carbons (Fsp3) is 0.562. The van der Waals surface area contributed by atoms with Gasteiger partial charge in [-0.3, -0.25) is 0 Å². The highest BCUT2D eigenvalue weighted by molar-refractivity contribution is 5.89. The standard InChI is InChI=1S/C16H25N3O2/c1-11-9-19(10-12(2)21-11)16(20)18-15-7-5-14(6-8-15)13(3)17-4/h5-8,11-13,17H,9-10H2,1-4H3,(H,18,20). The van der Waals surface area contributed by atoms with Gasteiger partial charge in [0.25, 0.3) is 0 Å². The van der Waals surface area contributed by atoms with Gasteiger partial charge in [0.15, 0.2) is 0 Å². The number of nitrogens with zero attached hydrogens (tertiary/aromatic N) is 1. The van der Waals surface area contributed by atoms with E-state index in [0.717, 1.165) is 5.69 Å². The number of hydrogen-bond acceptors (Lipinski definition) is 3. The molecule has 1 aromatic rings. The molecule has 2 amide bonds. The second-order valence-corrected chi connectivity index (χ2v) is 5.72. The van der Waals surface area contributed by atoms with Crippen LogP contribution in [0.4, 0.5) is 10.5 Å². The van der Waals surface area contributed by atoms with Crippen LogP contribution in [0.25, 0.3) is 0 Å². The third-order valence-corrected chi connectivity index (χ3v) is 3.80. The summed E-state index contributed by atoms with van der Waals surface area (Å²) in [4.78, 5) is 14.1. The van der Waals surface area contributed by atoms with Crippen LogP contribution in [-0.2, 0) is 4.74 Å². The summed E-state index contributed by atoms with van der Waals surface area (Å²) in [6.45, 7) is 7.34. The van der Waals surface area contributed by atoms with Crippen molar-refractivity contribution in [3.05, 3.63) is 29.8 Å². The summed E-state index contributed by atoms with van der Waals surface area (Å²) in [7, 11) is 1.93. The number of amides is 2. The second-order valence-electron chi connectivity index (χ2n) is 5.72. The first-order chi connectivity index (χ1) is 9.99. The van der Waals surface area contributed by atoms with Crippen LogP contribution in [-0.4, -0.2) is 43.3 Å². The Balaban J connectivity index is 1.96. The Labute approximate surface area is 126 Å². The number of urea groups is 1. The van der Waals surface area contributed by atoms with Crippen molar-refractivity contribution in [2.45, 2.75) is 39.0 Å². The molecule has 0 spiro atoms. The Morgan fingerprint density at radius 2 is 1.81 bits per heavy atom. The van der Waals surface area contributed by atoms with Gasteiger partial charge in [0.1, 0.15) is 0 Å².